The highest BCUT2D eigenvalue weighted by molar-refractivity contribution is 6.41. The first kappa shape index (κ1) is 19.4. The first-order chi connectivity index (χ1) is 12.2. The van der Waals surface area contributed by atoms with E-state index in [1.165, 1.54) is 9.58 Å². The second-order valence-corrected chi connectivity index (χ2v) is 6.27. The maximum atomic E-state index is 12.5. The van der Waals surface area contributed by atoms with Crippen molar-refractivity contribution < 1.29 is 19.1 Å². The Balaban J connectivity index is 2.08. The number of benzene rings is 1. The second kappa shape index (κ2) is 7.95. The van der Waals surface area contributed by atoms with Crippen molar-refractivity contribution in [3.63, 3.8) is 0 Å². The standard InChI is InChI=1S/C19H23N3O4/c1-12(2)22(15-9-7-6-8-10-15)16(23)11-26-19(25)18(24)17-13(3)20-21(5)14(17)4/h6-10,12H,11H2,1-5H3. The molecule has 1 aromatic carbocycles. The van der Waals surface area contributed by atoms with Crippen molar-refractivity contribution in [3.8, 4) is 0 Å². The fourth-order valence-electron chi connectivity index (χ4n) is 2.79. The van der Waals surface area contributed by atoms with Crippen LogP contribution in [0.5, 0.6) is 0 Å². The molecule has 0 atom stereocenters. The number of aromatic nitrogens is 2. The van der Waals surface area contributed by atoms with E-state index in [9.17, 15) is 14.4 Å². The van der Waals surface area contributed by atoms with Gasteiger partial charge in [-0.1, -0.05) is 18.2 Å². The van der Waals surface area contributed by atoms with Crippen LogP contribution in [0.1, 0.15) is 35.6 Å². The lowest BCUT2D eigenvalue weighted by Gasteiger charge is -2.26. The van der Waals surface area contributed by atoms with Crippen molar-refractivity contribution in [2.45, 2.75) is 33.7 Å². The third-order valence-corrected chi connectivity index (χ3v) is 4.07. The molecule has 7 nitrogen and oxygen atoms in total. The molecule has 1 heterocycles. The molecule has 0 radical (unpaired) electrons. The maximum Gasteiger partial charge on any atom is 0.380 e. The molecule has 7 heteroatoms. The van der Waals surface area contributed by atoms with E-state index in [0.717, 1.165) is 0 Å². The second-order valence-electron chi connectivity index (χ2n) is 6.27. The van der Waals surface area contributed by atoms with Gasteiger partial charge in [0.2, 0.25) is 0 Å². The first-order valence-corrected chi connectivity index (χ1v) is 8.32. The summed E-state index contributed by atoms with van der Waals surface area (Å²) in [5.74, 6) is -2.25. The molecule has 0 unspecified atom stereocenters. The van der Waals surface area contributed by atoms with Crippen LogP contribution in [0.2, 0.25) is 0 Å². The summed E-state index contributed by atoms with van der Waals surface area (Å²) >= 11 is 0. The Bertz CT molecular complexity index is 825. The van der Waals surface area contributed by atoms with Crippen LogP contribution in [0, 0.1) is 13.8 Å². The predicted octanol–water partition coefficient (Wildman–Crippen LogP) is 2.20. The number of para-hydroxylation sites is 1. The van der Waals surface area contributed by atoms with Gasteiger partial charge in [0.1, 0.15) is 0 Å². The number of anilines is 1. The number of esters is 1. The Labute approximate surface area is 152 Å². The fraction of sp³-hybridized carbons (Fsp3) is 0.368. The van der Waals surface area contributed by atoms with Crippen LogP contribution >= 0.6 is 0 Å². The van der Waals surface area contributed by atoms with E-state index in [-0.39, 0.29) is 11.6 Å². The summed E-state index contributed by atoms with van der Waals surface area (Å²) in [7, 11) is 1.69. The Morgan fingerprint density at radius 3 is 2.27 bits per heavy atom. The number of carbonyl (C=O) groups is 3. The van der Waals surface area contributed by atoms with Crippen LogP contribution in [-0.4, -0.2) is 40.1 Å². The lowest BCUT2D eigenvalue weighted by atomic mass is 10.1. The van der Waals surface area contributed by atoms with E-state index in [0.29, 0.717) is 17.1 Å². The third kappa shape index (κ3) is 3.99. The van der Waals surface area contributed by atoms with Crippen molar-refractivity contribution in [2.75, 3.05) is 11.5 Å². The van der Waals surface area contributed by atoms with Gasteiger partial charge in [0.15, 0.2) is 6.61 Å². The molecular weight excluding hydrogens is 334 g/mol. The average Bonchev–Trinajstić information content (AvgIpc) is 2.85. The molecule has 2 aromatic rings. The van der Waals surface area contributed by atoms with Crippen LogP contribution in [0.15, 0.2) is 30.3 Å². The Morgan fingerprint density at radius 1 is 1.15 bits per heavy atom. The van der Waals surface area contributed by atoms with E-state index in [1.54, 1.807) is 33.0 Å². The maximum absolute atomic E-state index is 12.5. The lowest BCUT2D eigenvalue weighted by molar-refractivity contribution is -0.143. The summed E-state index contributed by atoms with van der Waals surface area (Å²) in [6.45, 7) is 6.56. The van der Waals surface area contributed by atoms with Crippen molar-refractivity contribution >= 4 is 23.3 Å². The molecule has 0 saturated carbocycles. The van der Waals surface area contributed by atoms with E-state index in [1.807, 2.05) is 32.0 Å². The quantitative estimate of drug-likeness (QED) is 0.450. The van der Waals surface area contributed by atoms with Crippen LogP contribution in [0.3, 0.4) is 0 Å². The summed E-state index contributed by atoms with van der Waals surface area (Å²) in [5, 5.41) is 4.11. The number of carbonyl (C=O) groups excluding carboxylic acids is 3. The van der Waals surface area contributed by atoms with Gasteiger partial charge in [0.25, 0.3) is 11.7 Å². The van der Waals surface area contributed by atoms with Gasteiger partial charge in [-0.2, -0.15) is 5.10 Å². The molecular formula is C19H23N3O4. The van der Waals surface area contributed by atoms with Crippen molar-refractivity contribution in [1.29, 1.82) is 0 Å². The number of hydrogen-bond donors (Lipinski definition) is 0. The molecule has 0 N–H and O–H groups in total. The van der Waals surface area contributed by atoms with E-state index >= 15 is 0 Å². The van der Waals surface area contributed by atoms with Gasteiger partial charge >= 0.3 is 5.97 Å². The van der Waals surface area contributed by atoms with E-state index < -0.39 is 24.3 Å². The molecule has 0 saturated heterocycles. The topological polar surface area (TPSA) is 81.5 Å². The average molecular weight is 357 g/mol. The molecule has 0 aliphatic rings. The SMILES string of the molecule is Cc1nn(C)c(C)c1C(=O)C(=O)OCC(=O)N(c1ccccc1)C(C)C. The number of amides is 1. The van der Waals surface area contributed by atoms with Gasteiger partial charge in [0, 0.05) is 24.5 Å². The smallest absolute Gasteiger partial charge is 0.380 e. The zero-order valence-corrected chi connectivity index (χ0v) is 15.6. The third-order valence-electron chi connectivity index (χ3n) is 4.07. The van der Waals surface area contributed by atoms with Gasteiger partial charge in [-0.3, -0.25) is 14.3 Å². The van der Waals surface area contributed by atoms with Crippen LogP contribution in [0.25, 0.3) is 0 Å². The highest BCUT2D eigenvalue weighted by Crippen LogP contribution is 2.17. The van der Waals surface area contributed by atoms with Crippen molar-refractivity contribution in [1.82, 2.24) is 9.78 Å². The van der Waals surface area contributed by atoms with Gasteiger partial charge in [-0.05, 0) is 39.8 Å². The largest absolute Gasteiger partial charge is 0.450 e. The monoisotopic (exact) mass is 357 g/mol. The summed E-state index contributed by atoms with van der Waals surface area (Å²) in [4.78, 5) is 38.5. The molecule has 0 bridgehead atoms. The molecule has 26 heavy (non-hydrogen) atoms. The number of ketones is 1. The normalized spacial score (nSPS) is 10.7. The van der Waals surface area contributed by atoms with Crippen LogP contribution in [0.4, 0.5) is 5.69 Å². The van der Waals surface area contributed by atoms with E-state index in [4.69, 9.17) is 4.74 Å². The number of nitrogens with zero attached hydrogens (tertiary/aromatic N) is 3. The molecule has 2 rings (SSSR count). The minimum absolute atomic E-state index is 0.123. The lowest BCUT2D eigenvalue weighted by Crippen LogP contribution is -2.40. The summed E-state index contributed by atoms with van der Waals surface area (Å²) in [6.07, 6.45) is 0. The minimum atomic E-state index is -1.06. The Hall–Kier alpha value is -2.96. The number of hydrogen-bond acceptors (Lipinski definition) is 5. The Morgan fingerprint density at radius 2 is 1.77 bits per heavy atom. The molecule has 138 valence electrons. The number of aryl methyl sites for hydroxylation is 2. The fourth-order valence-corrected chi connectivity index (χ4v) is 2.79. The van der Waals surface area contributed by atoms with Crippen LogP contribution in [-0.2, 0) is 21.4 Å². The van der Waals surface area contributed by atoms with Gasteiger partial charge < -0.3 is 9.64 Å². The van der Waals surface area contributed by atoms with E-state index in [2.05, 4.69) is 5.10 Å². The molecule has 0 spiro atoms. The first-order valence-electron chi connectivity index (χ1n) is 8.32. The zero-order valence-electron chi connectivity index (χ0n) is 15.6. The summed E-state index contributed by atoms with van der Waals surface area (Å²) in [6, 6.07) is 8.97. The molecule has 1 amide bonds. The Kier molecular flexibility index (Phi) is 5.92. The van der Waals surface area contributed by atoms with Crippen LogP contribution < -0.4 is 4.90 Å². The summed E-state index contributed by atoms with van der Waals surface area (Å²) < 4.78 is 6.50. The molecule has 0 aliphatic heterocycles. The predicted molar refractivity (Wildman–Crippen MR) is 97.0 cm³/mol. The van der Waals surface area contributed by atoms with Gasteiger partial charge in [-0.15, -0.1) is 0 Å². The highest BCUT2D eigenvalue weighted by Gasteiger charge is 2.27. The van der Waals surface area contributed by atoms with Crippen molar-refractivity contribution in [2.24, 2.45) is 7.05 Å². The zero-order chi connectivity index (χ0) is 19.4. The number of rotatable bonds is 6. The number of ether oxygens (including phenoxy) is 1. The number of Topliss-reactive ketones (excluding diaryl/α,β-unsaturated/α-hetero) is 1. The van der Waals surface area contributed by atoms with Gasteiger partial charge in [0.05, 0.1) is 11.3 Å². The highest BCUT2D eigenvalue weighted by atomic mass is 16.5. The molecule has 1 aromatic heterocycles. The molecule has 0 aliphatic carbocycles. The summed E-state index contributed by atoms with van der Waals surface area (Å²) in [5.41, 5.74) is 1.94. The van der Waals surface area contributed by atoms with Gasteiger partial charge in [-0.25, -0.2) is 4.79 Å². The minimum Gasteiger partial charge on any atom is -0.450 e. The molecule has 0 fully saturated rings. The van der Waals surface area contributed by atoms with Crippen molar-refractivity contribution in [3.05, 3.63) is 47.3 Å².